The summed E-state index contributed by atoms with van der Waals surface area (Å²) in [5.74, 6) is -0.761. The molecule has 1 aromatic rings. The fraction of sp³-hybridized carbons (Fsp3) is 0.562. The van der Waals surface area contributed by atoms with E-state index in [9.17, 15) is 4.79 Å². The molecule has 3 nitrogen and oxygen atoms in total. The van der Waals surface area contributed by atoms with Crippen molar-refractivity contribution in [3.8, 4) is 0 Å². The first-order valence-corrected chi connectivity index (χ1v) is 6.75. The Labute approximate surface area is 116 Å². The number of aliphatic carboxylic acids is 1. The van der Waals surface area contributed by atoms with Gasteiger partial charge in [-0.1, -0.05) is 17.7 Å². The number of nitrogens with one attached hydrogen (secondary N) is 1. The molecule has 0 radical (unpaired) electrons. The Morgan fingerprint density at radius 1 is 1.21 bits per heavy atom. The summed E-state index contributed by atoms with van der Waals surface area (Å²) in [6.07, 6.45) is 0.938. The van der Waals surface area contributed by atoms with Gasteiger partial charge in [0.15, 0.2) is 0 Å². The first kappa shape index (κ1) is 15.7. The fourth-order valence-electron chi connectivity index (χ4n) is 2.29. The van der Waals surface area contributed by atoms with Crippen LogP contribution < -0.4 is 5.32 Å². The van der Waals surface area contributed by atoms with E-state index in [1.807, 2.05) is 0 Å². The zero-order chi connectivity index (χ0) is 14.6. The highest BCUT2D eigenvalue weighted by molar-refractivity contribution is 5.73. The molecule has 3 heteroatoms. The normalized spacial score (nSPS) is 11.6. The van der Waals surface area contributed by atoms with Crippen molar-refractivity contribution in [2.75, 3.05) is 13.1 Å². The third-order valence-electron chi connectivity index (χ3n) is 3.54. The maximum Gasteiger partial charge on any atom is 0.310 e. The molecule has 1 rings (SSSR count). The molecule has 0 saturated heterocycles. The van der Waals surface area contributed by atoms with Crippen LogP contribution in [0.5, 0.6) is 0 Å². The number of aryl methyl sites for hydroxylation is 3. The van der Waals surface area contributed by atoms with Crippen LogP contribution in [0.3, 0.4) is 0 Å². The van der Waals surface area contributed by atoms with Gasteiger partial charge >= 0.3 is 5.97 Å². The Balaban J connectivity index is 2.53. The molecule has 0 amide bonds. The van der Waals surface area contributed by atoms with Gasteiger partial charge in [-0.3, -0.25) is 4.79 Å². The van der Waals surface area contributed by atoms with Gasteiger partial charge in [-0.2, -0.15) is 0 Å². The summed E-state index contributed by atoms with van der Waals surface area (Å²) < 4.78 is 0. The Bertz CT molecular complexity index is 441. The Morgan fingerprint density at radius 2 is 1.74 bits per heavy atom. The third-order valence-corrected chi connectivity index (χ3v) is 3.54. The molecule has 0 fully saturated rings. The number of carbonyl (C=O) groups is 1. The first-order valence-electron chi connectivity index (χ1n) is 6.75. The van der Waals surface area contributed by atoms with Gasteiger partial charge in [0.2, 0.25) is 0 Å². The minimum atomic E-state index is -0.761. The van der Waals surface area contributed by atoms with Crippen molar-refractivity contribution in [1.29, 1.82) is 0 Å². The largest absolute Gasteiger partial charge is 0.481 e. The van der Waals surface area contributed by atoms with Crippen molar-refractivity contribution in [1.82, 2.24) is 5.32 Å². The van der Waals surface area contributed by atoms with Crippen LogP contribution in [0.1, 0.15) is 36.1 Å². The van der Waals surface area contributed by atoms with Crippen LogP contribution >= 0.6 is 0 Å². The van der Waals surface area contributed by atoms with Crippen LogP contribution in [0.2, 0.25) is 0 Å². The summed E-state index contributed by atoms with van der Waals surface area (Å²) in [4.78, 5) is 11.0. The van der Waals surface area contributed by atoms with E-state index < -0.39 is 11.4 Å². The van der Waals surface area contributed by atoms with Crippen LogP contribution in [0.4, 0.5) is 0 Å². The zero-order valence-electron chi connectivity index (χ0n) is 12.6. The van der Waals surface area contributed by atoms with Crippen molar-refractivity contribution in [2.24, 2.45) is 5.41 Å². The summed E-state index contributed by atoms with van der Waals surface area (Å²) in [6, 6.07) is 4.40. The van der Waals surface area contributed by atoms with E-state index in [1.54, 1.807) is 13.8 Å². The summed E-state index contributed by atoms with van der Waals surface area (Å²) in [5, 5.41) is 12.3. The predicted molar refractivity (Wildman–Crippen MR) is 78.6 cm³/mol. The quantitative estimate of drug-likeness (QED) is 0.776. The van der Waals surface area contributed by atoms with E-state index in [0.717, 1.165) is 13.0 Å². The van der Waals surface area contributed by atoms with Gasteiger partial charge in [0.05, 0.1) is 5.41 Å². The molecule has 0 atom stereocenters. The van der Waals surface area contributed by atoms with Gasteiger partial charge in [-0.25, -0.2) is 0 Å². The third kappa shape index (κ3) is 4.35. The Hall–Kier alpha value is -1.35. The molecule has 0 aliphatic rings. The van der Waals surface area contributed by atoms with Crippen LogP contribution in [0, 0.1) is 26.2 Å². The highest BCUT2D eigenvalue weighted by Gasteiger charge is 2.26. The Kier molecular flexibility index (Phi) is 5.12. The van der Waals surface area contributed by atoms with Gasteiger partial charge in [-0.05, 0) is 64.3 Å². The standard InChI is InChI=1S/C16H25NO2/c1-11-8-12(2)14(13(3)9-11)6-7-17-10-16(4,5)15(18)19/h8-9,17H,6-7,10H2,1-5H3,(H,18,19). The fourth-order valence-corrected chi connectivity index (χ4v) is 2.29. The second-order valence-corrected chi connectivity index (χ2v) is 5.99. The maximum absolute atomic E-state index is 11.0. The second kappa shape index (κ2) is 6.20. The molecule has 19 heavy (non-hydrogen) atoms. The molecule has 0 spiro atoms. The first-order chi connectivity index (χ1) is 8.74. The number of benzene rings is 1. The van der Waals surface area contributed by atoms with Crippen LogP contribution in [-0.4, -0.2) is 24.2 Å². The van der Waals surface area contributed by atoms with E-state index in [4.69, 9.17) is 5.11 Å². The topological polar surface area (TPSA) is 49.3 Å². The van der Waals surface area contributed by atoms with Crippen molar-refractivity contribution in [3.63, 3.8) is 0 Å². The molecule has 0 unspecified atom stereocenters. The van der Waals surface area contributed by atoms with E-state index in [2.05, 4.69) is 38.2 Å². The number of carboxylic acid groups (broad SMARTS) is 1. The number of rotatable bonds is 6. The molecular weight excluding hydrogens is 238 g/mol. The summed E-state index contributed by atoms with van der Waals surface area (Å²) in [6.45, 7) is 11.2. The minimum absolute atomic E-state index is 0.492. The lowest BCUT2D eigenvalue weighted by molar-refractivity contribution is -0.146. The molecule has 0 saturated carbocycles. The average molecular weight is 263 g/mol. The van der Waals surface area contributed by atoms with Crippen molar-refractivity contribution in [2.45, 2.75) is 41.0 Å². The van der Waals surface area contributed by atoms with Gasteiger partial charge in [0, 0.05) is 6.54 Å². The van der Waals surface area contributed by atoms with E-state index in [-0.39, 0.29) is 0 Å². The number of hydrogen-bond acceptors (Lipinski definition) is 2. The molecule has 106 valence electrons. The summed E-state index contributed by atoms with van der Waals surface area (Å²) in [5.41, 5.74) is 4.58. The smallest absolute Gasteiger partial charge is 0.310 e. The van der Waals surface area contributed by atoms with Crippen molar-refractivity contribution >= 4 is 5.97 Å². The molecule has 1 aromatic carbocycles. The highest BCUT2D eigenvalue weighted by Crippen LogP contribution is 2.17. The summed E-state index contributed by atoms with van der Waals surface area (Å²) in [7, 11) is 0. The number of hydrogen-bond donors (Lipinski definition) is 2. The highest BCUT2D eigenvalue weighted by atomic mass is 16.4. The predicted octanol–water partition coefficient (Wildman–Crippen LogP) is 2.85. The van der Waals surface area contributed by atoms with Gasteiger partial charge in [0.1, 0.15) is 0 Å². The second-order valence-electron chi connectivity index (χ2n) is 5.99. The molecule has 0 heterocycles. The Morgan fingerprint density at radius 3 is 2.21 bits per heavy atom. The lowest BCUT2D eigenvalue weighted by Crippen LogP contribution is -2.36. The van der Waals surface area contributed by atoms with Gasteiger partial charge in [0.25, 0.3) is 0 Å². The van der Waals surface area contributed by atoms with Crippen molar-refractivity contribution < 1.29 is 9.90 Å². The molecular formula is C16H25NO2. The SMILES string of the molecule is Cc1cc(C)c(CCNCC(C)(C)C(=O)O)c(C)c1. The van der Waals surface area contributed by atoms with E-state index >= 15 is 0 Å². The molecule has 0 aromatic heterocycles. The minimum Gasteiger partial charge on any atom is -0.481 e. The van der Waals surface area contributed by atoms with Crippen LogP contribution in [-0.2, 0) is 11.2 Å². The molecule has 0 aliphatic carbocycles. The molecule has 0 bridgehead atoms. The lowest BCUT2D eigenvalue weighted by Gasteiger charge is -2.20. The average Bonchev–Trinajstić information content (AvgIpc) is 2.26. The molecule has 0 aliphatic heterocycles. The van der Waals surface area contributed by atoms with Crippen molar-refractivity contribution in [3.05, 3.63) is 34.4 Å². The van der Waals surface area contributed by atoms with Gasteiger partial charge < -0.3 is 10.4 Å². The van der Waals surface area contributed by atoms with Crippen LogP contribution in [0.25, 0.3) is 0 Å². The monoisotopic (exact) mass is 263 g/mol. The molecule has 2 N–H and O–H groups in total. The van der Waals surface area contributed by atoms with Crippen LogP contribution in [0.15, 0.2) is 12.1 Å². The summed E-state index contributed by atoms with van der Waals surface area (Å²) >= 11 is 0. The lowest BCUT2D eigenvalue weighted by atomic mass is 9.93. The van der Waals surface area contributed by atoms with Gasteiger partial charge in [-0.15, -0.1) is 0 Å². The zero-order valence-corrected chi connectivity index (χ0v) is 12.6. The maximum atomic E-state index is 11.0. The van der Waals surface area contributed by atoms with E-state index in [0.29, 0.717) is 6.54 Å². The van der Waals surface area contributed by atoms with E-state index in [1.165, 1.54) is 22.3 Å². The number of carboxylic acids is 1.